The third-order valence-corrected chi connectivity index (χ3v) is 6.96. The Kier molecular flexibility index (Phi) is 10.1. The molecule has 4 rings (SSSR count). The Bertz CT molecular complexity index is 1580. The summed E-state index contributed by atoms with van der Waals surface area (Å²) in [5.74, 6) is 0.585. The number of pyridine rings is 1. The first-order valence-electron chi connectivity index (χ1n) is 15.3. The van der Waals surface area contributed by atoms with E-state index in [2.05, 4.69) is 23.1 Å². The number of nitrogens with zero attached hydrogens (tertiary/aromatic N) is 5. The Hall–Kier alpha value is -4.56. The number of hydrogen-bond donors (Lipinski definition) is 1. The maximum atomic E-state index is 14.3. The zero-order chi connectivity index (χ0) is 32.9. The standard InChI is InChI=1S/C34H44N6O5/c1-9-12-26-29(37-24-13-11-20-38(22-24)32(42)44-33(3,4)5)27(21-35)28-18-19-36-39(28)30(26)40(45-34(6,7)8)31(41)23-14-16-25(17-15-23)43-10-2/h9,14-19,24,37H,1,10-13,20,22H2,2-8H3/t24-/m0/s1. The van der Waals surface area contributed by atoms with E-state index in [9.17, 15) is 14.9 Å². The van der Waals surface area contributed by atoms with Crippen LogP contribution in [0.1, 0.15) is 82.8 Å². The topological polar surface area (TPSA) is 121 Å². The molecular weight excluding hydrogens is 572 g/mol. The van der Waals surface area contributed by atoms with Gasteiger partial charge in [0, 0.05) is 30.3 Å². The van der Waals surface area contributed by atoms with Crippen molar-refractivity contribution >= 4 is 29.0 Å². The summed E-state index contributed by atoms with van der Waals surface area (Å²) in [6.45, 7) is 18.4. The minimum absolute atomic E-state index is 0.182. The summed E-state index contributed by atoms with van der Waals surface area (Å²) in [6, 6.07) is 10.8. The van der Waals surface area contributed by atoms with Gasteiger partial charge in [0.05, 0.1) is 29.6 Å². The van der Waals surface area contributed by atoms with Gasteiger partial charge in [0.15, 0.2) is 5.82 Å². The molecule has 3 aromatic rings. The van der Waals surface area contributed by atoms with E-state index < -0.39 is 17.1 Å². The summed E-state index contributed by atoms with van der Waals surface area (Å²) in [7, 11) is 0. The number of benzene rings is 1. The molecule has 45 heavy (non-hydrogen) atoms. The number of hydroxylamine groups is 1. The van der Waals surface area contributed by atoms with E-state index in [-0.39, 0.29) is 12.1 Å². The van der Waals surface area contributed by atoms with Crippen LogP contribution in [0.15, 0.2) is 49.2 Å². The first kappa shape index (κ1) is 33.3. The van der Waals surface area contributed by atoms with E-state index >= 15 is 0 Å². The van der Waals surface area contributed by atoms with Crippen molar-refractivity contribution in [1.29, 1.82) is 5.26 Å². The summed E-state index contributed by atoms with van der Waals surface area (Å²) in [5, 5.41) is 19.8. The van der Waals surface area contributed by atoms with E-state index in [0.717, 1.165) is 12.8 Å². The molecule has 0 spiro atoms. The average molecular weight is 617 g/mol. The molecule has 2 aromatic heterocycles. The minimum atomic E-state index is -0.773. The molecule has 240 valence electrons. The number of ether oxygens (including phenoxy) is 2. The highest BCUT2D eigenvalue weighted by Crippen LogP contribution is 2.37. The van der Waals surface area contributed by atoms with E-state index in [4.69, 9.17) is 14.3 Å². The molecule has 1 N–H and O–H groups in total. The Morgan fingerprint density at radius 1 is 1.16 bits per heavy atom. The molecule has 1 saturated heterocycles. The first-order chi connectivity index (χ1) is 21.3. The van der Waals surface area contributed by atoms with Crippen LogP contribution in [0.2, 0.25) is 0 Å². The quantitative estimate of drug-likeness (QED) is 0.213. The Morgan fingerprint density at radius 2 is 1.87 bits per heavy atom. The van der Waals surface area contributed by atoms with E-state index in [1.165, 1.54) is 5.06 Å². The average Bonchev–Trinajstić information content (AvgIpc) is 3.45. The molecule has 2 amide bonds. The zero-order valence-corrected chi connectivity index (χ0v) is 27.3. The van der Waals surface area contributed by atoms with Gasteiger partial charge in [0.1, 0.15) is 23.0 Å². The van der Waals surface area contributed by atoms with Gasteiger partial charge in [-0.2, -0.15) is 15.4 Å². The van der Waals surface area contributed by atoms with Crippen LogP contribution in [0.25, 0.3) is 5.52 Å². The highest BCUT2D eigenvalue weighted by molar-refractivity contribution is 6.05. The van der Waals surface area contributed by atoms with Gasteiger partial charge in [0.2, 0.25) is 0 Å². The lowest BCUT2D eigenvalue weighted by molar-refractivity contribution is -0.0173. The third-order valence-electron chi connectivity index (χ3n) is 6.96. The Labute approximate surface area is 265 Å². The molecule has 11 heteroatoms. The number of likely N-dealkylation sites (tertiary alicyclic amines) is 1. The zero-order valence-electron chi connectivity index (χ0n) is 27.3. The summed E-state index contributed by atoms with van der Waals surface area (Å²) < 4.78 is 12.8. The lowest BCUT2D eigenvalue weighted by Gasteiger charge is -2.36. The molecule has 0 saturated carbocycles. The molecule has 0 aliphatic carbocycles. The molecular formula is C34H44N6O5. The molecule has 1 fully saturated rings. The van der Waals surface area contributed by atoms with E-state index in [0.29, 0.717) is 65.6 Å². The van der Waals surface area contributed by atoms with Crippen LogP contribution in [0.4, 0.5) is 16.3 Å². The van der Waals surface area contributed by atoms with Crippen LogP contribution >= 0.6 is 0 Å². The number of amides is 2. The maximum Gasteiger partial charge on any atom is 0.410 e. The van der Waals surface area contributed by atoms with Crippen LogP contribution in [-0.4, -0.2) is 63.5 Å². The molecule has 0 unspecified atom stereocenters. The van der Waals surface area contributed by atoms with Gasteiger partial charge in [-0.3, -0.25) is 9.63 Å². The van der Waals surface area contributed by atoms with Gasteiger partial charge in [0.25, 0.3) is 5.91 Å². The molecule has 1 aromatic carbocycles. The molecule has 0 bridgehead atoms. The summed E-state index contributed by atoms with van der Waals surface area (Å²) in [4.78, 5) is 35.2. The summed E-state index contributed by atoms with van der Waals surface area (Å²) >= 11 is 0. The number of aromatic nitrogens is 2. The summed E-state index contributed by atoms with van der Waals surface area (Å²) in [6.07, 6.45) is 4.75. The Balaban J connectivity index is 1.85. The number of hydrogen-bond acceptors (Lipinski definition) is 8. The second kappa shape index (κ2) is 13.6. The van der Waals surface area contributed by atoms with Crippen molar-refractivity contribution in [1.82, 2.24) is 14.5 Å². The number of carbonyl (C=O) groups excluding carboxylic acids is 2. The second-order valence-corrected chi connectivity index (χ2v) is 13.0. The van der Waals surface area contributed by atoms with Crippen LogP contribution in [0.3, 0.4) is 0 Å². The van der Waals surface area contributed by atoms with Crippen molar-refractivity contribution in [3.63, 3.8) is 0 Å². The number of piperidine rings is 1. The van der Waals surface area contributed by atoms with Crippen molar-refractivity contribution in [2.24, 2.45) is 0 Å². The van der Waals surface area contributed by atoms with Gasteiger partial charge < -0.3 is 19.7 Å². The van der Waals surface area contributed by atoms with Gasteiger partial charge in [-0.1, -0.05) is 6.08 Å². The van der Waals surface area contributed by atoms with Gasteiger partial charge in [-0.25, -0.2) is 9.31 Å². The third kappa shape index (κ3) is 7.94. The number of fused-ring (bicyclic) bond motifs is 1. The van der Waals surface area contributed by atoms with Crippen LogP contribution in [0, 0.1) is 11.3 Å². The predicted octanol–water partition coefficient (Wildman–Crippen LogP) is 6.52. The first-order valence-corrected chi connectivity index (χ1v) is 15.3. The second-order valence-electron chi connectivity index (χ2n) is 13.0. The highest BCUT2D eigenvalue weighted by Gasteiger charge is 2.34. The van der Waals surface area contributed by atoms with E-state index in [1.54, 1.807) is 52.0 Å². The largest absolute Gasteiger partial charge is 0.494 e. The van der Waals surface area contributed by atoms with Crippen LogP contribution in [0.5, 0.6) is 5.75 Å². The highest BCUT2D eigenvalue weighted by atomic mass is 16.7. The van der Waals surface area contributed by atoms with Gasteiger partial charge in [-0.05, 0) is 98.1 Å². The Morgan fingerprint density at radius 3 is 2.47 bits per heavy atom. The number of allylic oxidation sites excluding steroid dienone is 1. The van der Waals surface area contributed by atoms with Gasteiger partial charge in [-0.15, -0.1) is 6.58 Å². The summed E-state index contributed by atoms with van der Waals surface area (Å²) in [5.41, 5.74) is 1.01. The number of nitriles is 1. The fourth-order valence-electron chi connectivity index (χ4n) is 5.22. The molecule has 11 nitrogen and oxygen atoms in total. The molecule has 3 heterocycles. The smallest absolute Gasteiger partial charge is 0.410 e. The molecule has 0 radical (unpaired) electrons. The fourth-order valence-corrected chi connectivity index (χ4v) is 5.22. The van der Waals surface area contributed by atoms with Crippen molar-refractivity contribution in [2.75, 3.05) is 30.1 Å². The number of anilines is 2. The van der Waals surface area contributed by atoms with E-state index in [1.807, 2.05) is 48.5 Å². The van der Waals surface area contributed by atoms with Crippen molar-refractivity contribution in [3.8, 4) is 11.8 Å². The van der Waals surface area contributed by atoms with Crippen LogP contribution in [-0.2, 0) is 16.0 Å². The maximum absolute atomic E-state index is 14.3. The molecule has 1 aliphatic heterocycles. The number of nitrogens with one attached hydrogen (secondary N) is 1. The lowest BCUT2D eigenvalue weighted by atomic mass is 10.0. The van der Waals surface area contributed by atoms with Crippen molar-refractivity contribution in [3.05, 3.63) is 65.9 Å². The van der Waals surface area contributed by atoms with Gasteiger partial charge >= 0.3 is 6.09 Å². The van der Waals surface area contributed by atoms with Crippen molar-refractivity contribution in [2.45, 2.75) is 85.0 Å². The predicted molar refractivity (Wildman–Crippen MR) is 174 cm³/mol. The number of rotatable bonds is 9. The normalized spacial score (nSPS) is 15.3. The molecule has 1 atom stereocenters. The molecule has 1 aliphatic rings. The number of carbonyl (C=O) groups is 2. The van der Waals surface area contributed by atoms with Crippen LogP contribution < -0.4 is 15.1 Å². The monoisotopic (exact) mass is 616 g/mol. The lowest BCUT2D eigenvalue weighted by Crippen LogP contribution is -2.47. The SMILES string of the molecule is C=CCc1c(N[C@H]2CCCN(C(=O)OC(C)(C)C)C2)c(C#N)c2ccnn2c1N(OC(C)(C)C)C(=O)c1ccc(OCC)cc1. The fraction of sp³-hybridized carbons (Fsp3) is 0.471. The van der Waals surface area contributed by atoms with Crippen molar-refractivity contribution < 1.29 is 23.9 Å². The minimum Gasteiger partial charge on any atom is -0.494 e.